The van der Waals surface area contributed by atoms with Crippen LogP contribution in [-0.2, 0) is 0 Å². The summed E-state index contributed by atoms with van der Waals surface area (Å²) in [7, 11) is 1.70. The summed E-state index contributed by atoms with van der Waals surface area (Å²) in [5.41, 5.74) is 6.03. The minimum atomic E-state index is -0.0247. The van der Waals surface area contributed by atoms with Crippen molar-refractivity contribution < 1.29 is 5.11 Å². The molecule has 0 saturated heterocycles. The van der Waals surface area contributed by atoms with Gasteiger partial charge in [0.2, 0.25) is 5.88 Å². The lowest BCUT2D eigenvalue weighted by Gasteiger charge is -2.28. The zero-order valence-corrected chi connectivity index (χ0v) is 10.4. The number of hydrogen-bond acceptors (Lipinski definition) is 4. The molecule has 0 radical (unpaired) electrons. The first-order chi connectivity index (χ1) is 8.27. The van der Waals surface area contributed by atoms with Gasteiger partial charge in [0.1, 0.15) is 0 Å². The number of aliphatic hydroxyl groups excluding tert-OH is 1. The molecule has 1 fully saturated rings. The molecule has 0 bridgehead atoms. The highest BCUT2D eigenvalue weighted by Gasteiger charge is 2.22. The summed E-state index contributed by atoms with van der Waals surface area (Å²) in [6, 6.07) is 0.0544. The minimum absolute atomic E-state index is 0.0247. The highest BCUT2D eigenvalue weighted by molar-refractivity contribution is 5.53. The number of nitrogens with zero attached hydrogens (tertiary/aromatic N) is 2. The second kappa shape index (κ2) is 7.84. The summed E-state index contributed by atoms with van der Waals surface area (Å²) in [6.45, 7) is 3.31. The third kappa shape index (κ3) is 4.99. The highest BCUT2D eigenvalue weighted by Crippen LogP contribution is 2.27. The molecule has 0 aliphatic heterocycles. The van der Waals surface area contributed by atoms with Crippen LogP contribution in [0, 0.1) is 5.92 Å². The molecule has 0 spiro atoms. The van der Waals surface area contributed by atoms with Crippen LogP contribution in [0.5, 0.6) is 0 Å². The highest BCUT2D eigenvalue weighted by atomic mass is 16.3. The van der Waals surface area contributed by atoms with Crippen LogP contribution in [0.4, 0.5) is 0 Å². The van der Waals surface area contributed by atoms with Gasteiger partial charge in [-0.1, -0.05) is 19.3 Å². The van der Waals surface area contributed by atoms with Crippen molar-refractivity contribution in [3.8, 4) is 0 Å². The molecule has 0 heterocycles. The maximum atomic E-state index is 9.45. The van der Waals surface area contributed by atoms with E-state index in [4.69, 9.17) is 0 Å². The van der Waals surface area contributed by atoms with E-state index in [0.29, 0.717) is 5.92 Å². The lowest BCUT2D eigenvalue weighted by Crippen LogP contribution is -2.44. The van der Waals surface area contributed by atoms with E-state index in [1.54, 1.807) is 19.5 Å². The van der Waals surface area contributed by atoms with Gasteiger partial charge in [0.25, 0.3) is 0 Å². The molecule has 1 aliphatic carbocycles. The average Bonchev–Trinajstić information content (AvgIpc) is 2.38. The maximum absolute atomic E-state index is 9.45. The molecule has 17 heavy (non-hydrogen) atoms. The zero-order chi connectivity index (χ0) is 12.5. The number of aliphatic imine (C=N–C) groups is 2. The first kappa shape index (κ1) is 13.7. The van der Waals surface area contributed by atoms with Crippen molar-refractivity contribution in [1.29, 1.82) is 0 Å². The minimum Gasteiger partial charge on any atom is -0.493 e. The van der Waals surface area contributed by atoms with Crippen LogP contribution in [0.1, 0.15) is 32.1 Å². The van der Waals surface area contributed by atoms with Gasteiger partial charge in [0, 0.05) is 7.05 Å². The Morgan fingerprint density at radius 1 is 1.41 bits per heavy atom. The van der Waals surface area contributed by atoms with Crippen molar-refractivity contribution in [1.82, 2.24) is 10.9 Å². The summed E-state index contributed by atoms with van der Waals surface area (Å²) >= 11 is 0. The van der Waals surface area contributed by atoms with E-state index >= 15 is 0 Å². The van der Waals surface area contributed by atoms with Gasteiger partial charge in [-0.3, -0.25) is 4.99 Å². The topological polar surface area (TPSA) is 69.0 Å². The predicted octanol–water partition coefficient (Wildman–Crippen LogP) is 1.79. The second-order valence-corrected chi connectivity index (χ2v) is 4.28. The molecular weight excluding hydrogens is 216 g/mol. The third-order valence-electron chi connectivity index (χ3n) is 3.09. The first-order valence-electron chi connectivity index (χ1n) is 6.07. The standard InChI is InChI=1S/C12H22N4O/c1-13-9-15-16-11(8-12(17)14-2)10-6-4-3-5-7-10/h8-11,16-17H,2-7H2,1H3,(H,13,15)/b12-8-. The van der Waals surface area contributed by atoms with Crippen LogP contribution < -0.4 is 10.9 Å². The summed E-state index contributed by atoms with van der Waals surface area (Å²) < 4.78 is 0. The molecular formula is C12H22N4O. The number of hydrogen-bond donors (Lipinski definition) is 3. The van der Waals surface area contributed by atoms with Crippen molar-refractivity contribution in [2.75, 3.05) is 7.05 Å². The van der Waals surface area contributed by atoms with E-state index in [2.05, 4.69) is 27.6 Å². The molecule has 0 amide bonds. The maximum Gasteiger partial charge on any atom is 0.207 e. The van der Waals surface area contributed by atoms with E-state index in [-0.39, 0.29) is 11.9 Å². The molecule has 96 valence electrons. The Hall–Kier alpha value is -1.36. The van der Waals surface area contributed by atoms with Crippen LogP contribution >= 0.6 is 0 Å². The molecule has 0 aromatic rings. The Labute approximate surface area is 103 Å². The lowest BCUT2D eigenvalue weighted by molar-refractivity contribution is 0.287. The van der Waals surface area contributed by atoms with Crippen LogP contribution in [0.15, 0.2) is 21.9 Å². The number of rotatable bonds is 6. The molecule has 3 N–H and O–H groups in total. The Morgan fingerprint density at radius 2 is 2.12 bits per heavy atom. The van der Waals surface area contributed by atoms with Crippen LogP contribution in [0.3, 0.4) is 0 Å². The quantitative estimate of drug-likeness (QED) is 0.286. The largest absolute Gasteiger partial charge is 0.493 e. The van der Waals surface area contributed by atoms with Crippen molar-refractivity contribution in [3.63, 3.8) is 0 Å². The Kier molecular flexibility index (Phi) is 6.32. The fourth-order valence-corrected chi connectivity index (χ4v) is 2.20. The SMILES string of the molecule is C=N/C(O)=C/C(NN/C=N\C)C1CCCCC1. The fraction of sp³-hybridized carbons (Fsp3) is 0.667. The van der Waals surface area contributed by atoms with E-state index in [1.165, 1.54) is 32.1 Å². The average molecular weight is 238 g/mol. The summed E-state index contributed by atoms with van der Waals surface area (Å²) in [6.07, 6.45) is 9.44. The molecule has 1 unspecified atom stereocenters. The smallest absolute Gasteiger partial charge is 0.207 e. The van der Waals surface area contributed by atoms with Gasteiger partial charge in [-0.25, -0.2) is 10.4 Å². The molecule has 1 saturated carbocycles. The van der Waals surface area contributed by atoms with Crippen LogP contribution in [0.2, 0.25) is 0 Å². The molecule has 0 aromatic heterocycles. The van der Waals surface area contributed by atoms with Gasteiger partial charge in [-0.2, -0.15) is 0 Å². The van der Waals surface area contributed by atoms with Gasteiger partial charge in [0.15, 0.2) is 0 Å². The zero-order valence-electron chi connectivity index (χ0n) is 10.4. The Bertz CT molecular complexity index is 282. The summed E-state index contributed by atoms with van der Waals surface area (Å²) in [5.74, 6) is 0.494. The molecule has 1 rings (SSSR count). The number of aliphatic hydroxyl groups is 1. The first-order valence-corrected chi connectivity index (χ1v) is 6.07. The van der Waals surface area contributed by atoms with Crippen LogP contribution in [-0.4, -0.2) is 31.3 Å². The van der Waals surface area contributed by atoms with Crippen molar-refractivity contribution in [2.45, 2.75) is 38.1 Å². The third-order valence-corrected chi connectivity index (χ3v) is 3.09. The van der Waals surface area contributed by atoms with Gasteiger partial charge in [-0.15, -0.1) is 0 Å². The van der Waals surface area contributed by atoms with Gasteiger partial charge < -0.3 is 10.5 Å². The molecule has 1 aliphatic rings. The van der Waals surface area contributed by atoms with Gasteiger partial charge in [0.05, 0.1) is 12.4 Å². The van der Waals surface area contributed by atoms with Crippen molar-refractivity contribution in [2.24, 2.45) is 15.9 Å². The Morgan fingerprint density at radius 3 is 2.71 bits per heavy atom. The monoisotopic (exact) mass is 238 g/mol. The molecule has 1 atom stereocenters. The van der Waals surface area contributed by atoms with E-state index in [1.807, 2.05) is 0 Å². The normalized spacial score (nSPS) is 20.4. The van der Waals surface area contributed by atoms with Crippen molar-refractivity contribution in [3.05, 3.63) is 12.0 Å². The van der Waals surface area contributed by atoms with E-state index < -0.39 is 0 Å². The van der Waals surface area contributed by atoms with Gasteiger partial charge in [-0.05, 0) is 31.6 Å². The second-order valence-electron chi connectivity index (χ2n) is 4.28. The van der Waals surface area contributed by atoms with E-state index in [9.17, 15) is 5.11 Å². The fourth-order valence-electron chi connectivity index (χ4n) is 2.20. The predicted molar refractivity (Wildman–Crippen MR) is 71.3 cm³/mol. The summed E-state index contributed by atoms with van der Waals surface area (Å²) in [4.78, 5) is 7.35. The Balaban J connectivity index is 2.59. The number of hydrazine groups is 1. The lowest BCUT2D eigenvalue weighted by atomic mass is 9.84. The molecule has 0 aromatic carbocycles. The number of nitrogens with one attached hydrogen (secondary N) is 2. The van der Waals surface area contributed by atoms with Crippen LogP contribution in [0.25, 0.3) is 0 Å². The van der Waals surface area contributed by atoms with Gasteiger partial charge >= 0.3 is 0 Å². The van der Waals surface area contributed by atoms with E-state index in [0.717, 1.165) is 0 Å². The molecule has 5 nitrogen and oxygen atoms in total. The molecule has 5 heteroatoms. The summed E-state index contributed by atoms with van der Waals surface area (Å²) in [5, 5.41) is 9.45. The van der Waals surface area contributed by atoms with Crippen molar-refractivity contribution >= 4 is 13.1 Å².